The summed E-state index contributed by atoms with van der Waals surface area (Å²) < 4.78 is 24.8. The Bertz CT molecular complexity index is 2680. The SMILES string of the molecule is CNc1ccc(C(=O)CC(O)CCC(C)C2OC(=O)CC(O)CC(=O)CC(O)CC(O)CC(O)CC(O)CC3(O)CC(O)C(C(=O)N4CCN(C)CC4)C(CC(O[C@@H]4O[C@H](C)[C@@H](O)[C@H](NC(=O)CN(C)C)[C@@H]4O)/C=C/C=C/C=C/C=C\C=C/C=C/C=C/C2C)O3)cc1. The fourth-order valence-electron chi connectivity index (χ4n) is 12.0. The normalized spacial score (nSPS) is 35.9. The van der Waals surface area contributed by atoms with Crippen molar-refractivity contribution in [1.29, 1.82) is 0 Å². The number of likely N-dealkylation sites (N-methyl/N-ethyl adjacent to an activating group) is 2. The number of nitrogens with one attached hydrogen (secondary N) is 2. The van der Waals surface area contributed by atoms with Crippen LogP contribution < -0.4 is 10.6 Å². The molecule has 0 aliphatic carbocycles. The molecule has 3 fully saturated rings. The van der Waals surface area contributed by atoms with Gasteiger partial charge in [0.15, 0.2) is 17.9 Å². The number of hydrogen-bond acceptors (Lipinski definition) is 22. The van der Waals surface area contributed by atoms with Crippen molar-refractivity contribution >= 4 is 35.0 Å². The van der Waals surface area contributed by atoms with Crippen LogP contribution in [-0.4, -0.2) is 254 Å². The zero-order valence-electron chi connectivity index (χ0n) is 54.3. The maximum Gasteiger partial charge on any atom is 0.308 e. The number of ketones is 2. The van der Waals surface area contributed by atoms with Crippen LogP contribution in [0.1, 0.15) is 108 Å². The summed E-state index contributed by atoms with van der Waals surface area (Å²) in [5.74, 6) is -6.85. The summed E-state index contributed by atoms with van der Waals surface area (Å²) >= 11 is 0. The molecule has 0 spiro atoms. The minimum absolute atomic E-state index is 0.0466. The number of aliphatic hydroxyl groups is 10. The van der Waals surface area contributed by atoms with Crippen LogP contribution in [0.3, 0.4) is 0 Å². The molecule has 5 rings (SSSR count). The molecule has 24 heteroatoms. The van der Waals surface area contributed by atoms with Crippen molar-refractivity contribution in [3.63, 3.8) is 0 Å². The van der Waals surface area contributed by atoms with Gasteiger partial charge in [-0.3, -0.25) is 24.0 Å². The summed E-state index contributed by atoms with van der Waals surface area (Å²) in [6.45, 7) is 6.99. The Labute approximate surface area is 541 Å². The fourth-order valence-corrected chi connectivity index (χ4v) is 12.0. The van der Waals surface area contributed by atoms with E-state index in [-0.39, 0.29) is 56.3 Å². The van der Waals surface area contributed by atoms with Gasteiger partial charge in [-0.1, -0.05) is 98.9 Å². The lowest BCUT2D eigenvalue weighted by Gasteiger charge is -2.47. The number of aliphatic hydroxyl groups excluding tert-OH is 9. The largest absolute Gasteiger partial charge is 0.461 e. The van der Waals surface area contributed by atoms with E-state index in [4.69, 9.17) is 18.9 Å². The average Bonchev–Trinajstić information content (AvgIpc) is 0.799. The van der Waals surface area contributed by atoms with Crippen molar-refractivity contribution in [3.8, 4) is 0 Å². The lowest BCUT2D eigenvalue weighted by molar-refractivity contribution is -0.308. The summed E-state index contributed by atoms with van der Waals surface area (Å²) in [4.78, 5) is 72.2. The summed E-state index contributed by atoms with van der Waals surface area (Å²) in [7, 11) is 7.05. The van der Waals surface area contributed by atoms with Gasteiger partial charge in [0, 0.05) is 88.9 Å². The summed E-state index contributed by atoms with van der Waals surface area (Å²) in [6, 6.07) is 5.69. The average molecular weight is 1290 g/mol. The molecule has 3 saturated heterocycles. The number of rotatable bonds is 14. The van der Waals surface area contributed by atoms with Gasteiger partial charge < -0.3 is 95.3 Å². The number of carbonyl (C=O) groups is 5. The molecular formula is C68H103N5O19. The molecule has 12 N–H and O–H groups in total. The Kier molecular flexibility index (Phi) is 32.4. The van der Waals surface area contributed by atoms with Gasteiger partial charge in [0.25, 0.3) is 0 Å². The number of carbonyl (C=O) groups excluding carboxylic acids is 5. The van der Waals surface area contributed by atoms with Crippen LogP contribution in [0.5, 0.6) is 0 Å². The molecule has 14 unspecified atom stereocenters. The van der Waals surface area contributed by atoms with E-state index < -0.39 is 165 Å². The molecule has 24 nitrogen and oxygen atoms in total. The van der Waals surface area contributed by atoms with Gasteiger partial charge in [0.2, 0.25) is 11.8 Å². The van der Waals surface area contributed by atoms with Crippen LogP contribution in [0.25, 0.3) is 0 Å². The van der Waals surface area contributed by atoms with E-state index in [0.29, 0.717) is 38.2 Å². The van der Waals surface area contributed by atoms with Gasteiger partial charge in [0.05, 0.1) is 86.0 Å². The zero-order chi connectivity index (χ0) is 67.7. The lowest BCUT2D eigenvalue weighted by atomic mass is 9.81. The number of benzene rings is 1. The molecule has 0 radical (unpaired) electrons. The first-order valence-electron chi connectivity index (χ1n) is 32.1. The molecule has 514 valence electrons. The van der Waals surface area contributed by atoms with Crippen molar-refractivity contribution < 1.29 is 94.0 Å². The second-order valence-corrected chi connectivity index (χ2v) is 25.5. The van der Waals surface area contributed by atoms with E-state index in [2.05, 4.69) is 10.6 Å². The monoisotopic (exact) mass is 1290 g/mol. The standard InChI is InChI=1S/C68H103N5O19/c1-43-20-18-16-14-12-10-8-9-11-13-15-17-19-21-55(90-67-64(86)62(63(85)45(3)89-67)70-59(83)42-71(5)6)39-58-61(66(87)73-30-28-72(7)29-31-73)57(82)41-68(88,92-58)40-54(80)36-52(78)34-50(76)32-49(75)33-51(77)35-53(79)38-60(84)91-65(43)44(2)22-27-48(74)37-56(81)46-23-25-47(69-4)26-24-46/h8-21,23-26,43-45,48-50,52-55,57-58,61-65,67,69,74-76,78-80,82,85-86,88H,22,27-42H2,1-7H3,(H,70,83)/b9-8-,12-10-,13-11+,16-14+,17-15+,20-18+,21-19+/t43?,44?,45-,48?,49?,50?,52?,53?,54?,55?,57?,58?,61?,62+,63-,64+,65?,67+,68?/m1/s1. The minimum atomic E-state index is -2.31. The number of amides is 2. The highest BCUT2D eigenvalue weighted by atomic mass is 16.7. The van der Waals surface area contributed by atoms with Crippen LogP contribution in [0.4, 0.5) is 5.69 Å². The molecule has 1 aromatic carbocycles. The summed E-state index contributed by atoms with van der Waals surface area (Å²) in [5.41, 5.74) is 1.30. The first-order valence-corrected chi connectivity index (χ1v) is 32.1. The molecule has 4 aliphatic rings. The van der Waals surface area contributed by atoms with Crippen molar-refractivity contribution in [2.45, 2.75) is 195 Å². The van der Waals surface area contributed by atoms with Crippen molar-refractivity contribution in [2.75, 3.05) is 66.2 Å². The van der Waals surface area contributed by atoms with Gasteiger partial charge in [-0.25, -0.2) is 0 Å². The van der Waals surface area contributed by atoms with Crippen LogP contribution in [0, 0.1) is 17.8 Å². The highest BCUT2D eigenvalue weighted by molar-refractivity contribution is 5.96. The van der Waals surface area contributed by atoms with Crippen LogP contribution in [0.2, 0.25) is 0 Å². The van der Waals surface area contributed by atoms with Gasteiger partial charge in [0.1, 0.15) is 24.1 Å². The summed E-state index contributed by atoms with van der Waals surface area (Å²) in [6.07, 6.45) is 2.55. The first-order chi connectivity index (χ1) is 43.6. The minimum Gasteiger partial charge on any atom is -0.461 e. The maximum absolute atomic E-state index is 14.5. The van der Waals surface area contributed by atoms with E-state index in [9.17, 15) is 75.0 Å². The Morgan fingerprint density at radius 2 is 1.28 bits per heavy atom. The first kappa shape index (κ1) is 77.1. The molecule has 1 aromatic rings. The quantitative estimate of drug-likeness (QED) is 0.0938. The molecule has 0 saturated carbocycles. The molecule has 92 heavy (non-hydrogen) atoms. The Balaban J connectivity index is 1.39. The molecule has 4 aliphatic heterocycles. The second kappa shape index (κ2) is 38.6. The van der Waals surface area contributed by atoms with Crippen LogP contribution >= 0.6 is 0 Å². The third-order valence-electron chi connectivity index (χ3n) is 16.9. The number of fused-ring (bicyclic) bond motifs is 2. The van der Waals surface area contributed by atoms with Crippen molar-refractivity contribution in [3.05, 3.63) is 115 Å². The predicted molar refractivity (Wildman–Crippen MR) is 344 cm³/mol. The number of piperazine rings is 1. The second-order valence-electron chi connectivity index (χ2n) is 25.5. The third kappa shape index (κ3) is 26.3. The molecule has 2 amide bonds. The number of hydrogen-bond donors (Lipinski definition) is 12. The van der Waals surface area contributed by atoms with Gasteiger partial charge >= 0.3 is 5.97 Å². The predicted octanol–water partition coefficient (Wildman–Crippen LogP) is 2.15. The molecule has 4 heterocycles. The third-order valence-corrected chi connectivity index (χ3v) is 16.9. The number of cyclic esters (lactones) is 1. The number of esters is 1. The molecular weight excluding hydrogens is 1190 g/mol. The van der Waals surface area contributed by atoms with Gasteiger partial charge in [-0.05, 0) is 90.4 Å². The number of nitrogens with zero attached hydrogens (tertiary/aromatic N) is 3. The molecule has 19 atom stereocenters. The lowest BCUT2D eigenvalue weighted by Crippen LogP contribution is -2.64. The highest BCUT2D eigenvalue weighted by Crippen LogP contribution is 2.39. The smallest absolute Gasteiger partial charge is 0.308 e. The van der Waals surface area contributed by atoms with Gasteiger partial charge in [-0.15, -0.1) is 0 Å². The number of ether oxygens (including phenoxy) is 4. The van der Waals surface area contributed by atoms with E-state index in [1.54, 1.807) is 141 Å². The van der Waals surface area contributed by atoms with Crippen LogP contribution in [0.15, 0.2) is 109 Å². The van der Waals surface area contributed by atoms with Crippen molar-refractivity contribution in [2.24, 2.45) is 17.8 Å². The number of Topliss-reactive ketones (excluding diaryl/α,β-unsaturated/α-hetero) is 2. The molecule has 2 bridgehead atoms. The van der Waals surface area contributed by atoms with E-state index >= 15 is 0 Å². The topological polar surface area (TPSA) is 358 Å². The Hall–Kier alpha value is -5.65. The van der Waals surface area contributed by atoms with E-state index in [0.717, 1.165) is 5.69 Å². The Morgan fingerprint density at radius 3 is 1.88 bits per heavy atom. The van der Waals surface area contributed by atoms with Crippen molar-refractivity contribution in [1.82, 2.24) is 20.0 Å². The van der Waals surface area contributed by atoms with Crippen LogP contribution in [-0.2, 0) is 38.1 Å². The fraction of sp³-hybridized carbons (Fsp3) is 0.632. The number of allylic oxidation sites excluding steroid dienone is 12. The Morgan fingerprint density at radius 1 is 0.717 bits per heavy atom. The maximum atomic E-state index is 14.5. The highest BCUT2D eigenvalue weighted by Gasteiger charge is 2.52. The van der Waals surface area contributed by atoms with E-state index in [1.165, 1.54) is 0 Å². The van der Waals surface area contributed by atoms with Gasteiger partial charge in [-0.2, -0.15) is 0 Å². The zero-order valence-corrected chi connectivity index (χ0v) is 54.3. The summed E-state index contributed by atoms with van der Waals surface area (Å²) in [5, 5.41) is 119. The molecule has 0 aromatic heterocycles. The number of anilines is 1. The van der Waals surface area contributed by atoms with E-state index in [1.807, 2.05) is 31.9 Å².